The van der Waals surface area contributed by atoms with Crippen LogP contribution in [0.15, 0.2) is 28.7 Å². The third kappa shape index (κ3) is 7.92. The van der Waals surface area contributed by atoms with Crippen LogP contribution in [0.1, 0.15) is 63.4 Å². The summed E-state index contributed by atoms with van der Waals surface area (Å²) in [7, 11) is 0. The summed E-state index contributed by atoms with van der Waals surface area (Å²) in [5.41, 5.74) is 1.47. The average Bonchev–Trinajstić information content (AvgIpc) is 2.39. The van der Waals surface area contributed by atoms with E-state index in [0.29, 0.717) is 0 Å². The summed E-state index contributed by atoms with van der Waals surface area (Å²) in [6.45, 7) is 3.88. The lowest BCUT2D eigenvalue weighted by molar-refractivity contribution is 0.569. The molecule has 1 radical (unpaired) electrons. The van der Waals surface area contributed by atoms with E-state index in [2.05, 4.69) is 47.1 Å². The van der Waals surface area contributed by atoms with E-state index in [1.807, 2.05) is 0 Å². The average molecular weight is 310 g/mol. The number of hydrogen-bond acceptors (Lipinski definition) is 0. The molecular weight excluding hydrogens is 284 g/mol. The molecule has 18 heavy (non-hydrogen) atoms. The fourth-order valence-corrected chi connectivity index (χ4v) is 2.48. The van der Waals surface area contributed by atoms with Gasteiger partial charge in [0, 0.05) is 4.47 Å². The highest BCUT2D eigenvalue weighted by Crippen LogP contribution is 2.14. The number of hydrogen-bond donors (Lipinski definition) is 0. The number of halogens is 1. The van der Waals surface area contributed by atoms with Crippen LogP contribution >= 0.6 is 15.9 Å². The summed E-state index contributed by atoms with van der Waals surface area (Å²) in [5, 5.41) is 0. The van der Waals surface area contributed by atoms with Crippen LogP contribution in [0, 0.1) is 6.92 Å². The molecule has 0 aliphatic heterocycles. The molecule has 0 saturated heterocycles. The first-order valence-electron chi connectivity index (χ1n) is 7.36. The standard InChI is InChI=1S/C17H26Br/c1-2-3-4-5-6-7-8-9-10-11-16-12-14-17(18)15-13-16/h12-15H,1-11H2. The molecule has 1 aromatic carbocycles. The highest BCUT2D eigenvalue weighted by Gasteiger charge is 1.95. The minimum atomic E-state index is 1.10. The molecule has 0 spiro atoms. The van der Waals surface area contributed by atoms with Gasteiger partial charge in [-0.15, -0.1) is 0 Å². The van der Waals surface area contributed by atoms with Gasteiger partial charge in [-0.05, 0) is 30.5 Å². The number of aryl methyl sites for hydroxylation is 1. The molecule has 0 aliphatic carbocycles. The Hall–Kier alpha value is -0.300. The van der Waals surface area contributed by atoms with Crippen molar-refractivity contribution in [1.82, 2.24) is 0 Å². The Morgan fingerprint density at radius 2 is 1.22 bits per heavy atom. The van der Waals surface area contributed by atoms with Gasteiger partial charge in [-0.25, -0.2) is 0 Å². The van der Waals surface area contributed by atoms with E-state index >= 15 is 0 Å². The molecule has 101 valence electrons. The molecule has 0 unspecified atom stereocenters. The highest BCUT2D eigenvalue weighted by molar-refractivity contribution is 9.10. The topological polar surface area (TPSA) is 0 Å². The van der Waals surface area contributed by atoms with Crippen molar-refractivity contribution in [3.8, 4) is 0 Å². The van der Waals surface area contributed by atoms with Crippen molar-refractivity contribution in [1.29, 1.82) is 0 Å². The lowest BCUT2D eigenvalue weighted by atomic mass is 10.0. The molecule has 0 atom stereocenters. The smallest absolute Gasteiger partial charge is 0.0175 e. The number of benzene rings is 1. The molecule has 0 nitrogen and oxygen atoms in total. The molecule has 1 heteroatoms. The van der Waals surface area contributed by atoms with Gasteiger partial charge in [0.15, 0.2) is 0 Å². The molecule has 1 aromatic rings. The van der Waals surface area contributed by atoms with Crippen LogP contribution in [0.5, 0.6) is 0 Å². The van der Waals surface area contributed by atoms with Gasteiger partial charge in [-0.2, -0.15) is 0 Å². The van der Waals surface area contributed by atoms with E-state index in [4.69, 9.17) is 0 Å². The van der Waals surface area contributed by atoms with E-state index in [1.54, 1.807) is 0 Å². The van der Waals surface area contributed by atoms with Gasteiger partial charge in [0.25, 0.3) is 0 Å². The molecule has 0 N–H and O–H groups in total. The molecular formula is C17H26Br. The summed E-state index contributed by atoms with van der Waals surface area (Å²) < 4.78 is 1.17. The first-order chi connectivity index (χ1) is 8.83. The van der Waals surface area contributed by atoms with E-state index in [0.717, 1.165) is 6.42 Å². The summed E-state index contributed by atoms with van der Waals surface area (Å²) >= 11 is 3.47. The minimum Gasteiger partial charge on any atom is -0.0579 e. The van der Waals surface area contributed by atoms with Gasteiger partial charge in [0.1, 0.15) is 0 Å². The Balaban J connectivity index is 1.91. The van der Waals surface area contributed by atoms with Crippen LogP contribution in [0.4, 0.5) is 0 Å². The number of unbranched alkanes of at least 4 members (excludes halogenated alkanes) is 8. The SMILES string of the molecule is [CH2]CCCCCCCCCCc1ccc(Br)cc1. The van der Waals surface area contributed by atoms with Gasteiger partial charge in [-0.3, -0.25) is 0 Å². The van der Waals surface area contributed by atoms with Crippen molar-refractivity contribution in [2.75, 3.05) is 0 Å². The van der Waals surface area contributed by atoms with Gasteiger partial charge < -0.3 is 0 Å². The Labute approximate surface area is 121 Å². The van der Waals surface area contributed by atoms with E-state index in [1.165, 1.54) is 67.8 Å². The Bertz CT molecular complexity index is 289. The second-order valence-corrected chi connectivity index (χ2v) is 5.97. The molecule has 1 rings (SSSR count). The van der Waals surface area contributed by atoms with Gasteiger partial charge in [-0.1, -0.05) is 86.4 Å². The van der Waals surface area contributed by atoms with Crippen molar-refractivity contribution in [3.05, 3.63) is 41.2 Å². The lowest BCUT2D eigenvalue weighted by Crippen LogP contribution is -1.86. The van der Waals surface area contributed by atoms with Gasteiger partial charge in [0.2, 0.25) is 0 Å². The van der Waals surface area contributed by atoms with Crippen LogP contribution in [-0.4, -0.2) is 0 Å². The monoisotopic (exact) mass is 309 g/mol. The molecule has 0 heterocycles. The van der Waals surface area contributed by atoms with Crippen molar-refractivity contribution in [2.45, 2.75) is 64.2 Å². The van der Waals surface area contributed by atoms with E-state index in [-0.39, 0.29) is 0 Å². The summed E-state index contributed by atoms with van der Waals surface area (Å²) in [4.78, 5) is 0. The fraction of sp³-hybridized carbons (Fsp3) is 0.588. The van der Waals surface area contributed by atoms with Crippen LogP contribution in [0.3, 0.4) is 0 Å². The zero-order chi connectivity index (χ0) is 13.1. The molecule has 0 aromatic heterocycles. The van der Waals surface area contributed by atoms with Crippen molar-refractivity contribution in [2.24, 2.45) is 0 Å². The Morgan fingerprint density at radius 3 is 1.78 bits per heavy atom. The minimum absolute atomic E-state index is 1.10. The second-order valence-electron chi connectivity index (χ2n) is 5.06. The first-order valence-corrected chi connectivity index (χ1v) is 8.16. The zero-order valence-electron chi connectivity index (χ0n) is 11.5. The third-order valence-electron chi connectivity index (χ3n) is 3.38. The van der Waals surface area contributed by atoms with Gasteiger partial charge in [0.05, 0.1) is 0 Å². The summed E-state index contributed by atoms with van der Waals surface area (Å²) in [5.74, 6) is 0. The van der Waals surface area contributed by atoms with Crippen molar-refractivity contribution in [3.63, 3.8) is 0 Å². The molecule has 0 fully saturated rings. The Kier molecular flexibility index (Phi) is 9.28. The molecule has 0 saturated carbocycles. The summed E-state index contributed by atoms with van der Waals surface area (Å²) in [6, 6.07) is 8.72. The predicted octanol–water partition coefficient (Wildman–Crippen LogP) is 6.34. The fourth-order valence-electron chi connectivity index (χ4n) is 2.22. The van der Waals surface area contributed by atoms with Crippen molar-refractivity contribution < 1.29 is 0 Å². The quantitative estimate of drug-likeness (QED) is 0.442. The maximum absolute atomic E-state index is 3.88. The largest absolute Gasteiger partial charge is 0.0579 e. The summed E-state index contributed by atoms with van der Waals surface area (Å²) in [6.07, 6.45) is 13.4. The second kappa shape index (κ2) is 10.6. The van der Waals surface area contributed by atoms with E-state index < -0.39 is 0 Å². The predicted molar refractivity (Wildman–Crippen MR) is 84.8 cm³/mol. The van der Waals surface area contributed by atoms with Crippen LogP contribution in [0.25, 0.3) is 0 Å². The van der Waals surface area contributed by atoms with Crippen LogP contribution in [0.2, 0.25) is 0 Å². The van der Waals surface area contributed by atoms with Crippen LogP contribution < -0.4 is 0 Å². The Morgan fingerprint density at radius 1 is 0.722 bits per heavy atom. The first kappa shape index (κ1) is 15.8. The maximum Gasteiger partial charge on any atom is 0.0175 e. The molecule has 0 bridgehead atoms. The molecule has 0 amide bonds. The lowest BCUT2D eigenvalue weighted by Gasteiger charge is -2.03. The van der Waals surface area contributed by atoms with Gasteiger partial charge >= 0.3 is 0 Å². The third-order valence-corrected chi connectivity index (χ3v) is 3.91. The van der Waals surface area contributed by atoms with Crippen LogP contribution in [-0.2, 0) is 6.42 Å². The number of rotatable bonds is 10. The highest BCUT2D eigenvalue weighted by atomic mass is 79.9. The maximum atomic E-state index is 3.88. The molecule has 0 aliphatic rings. The zero-order valence-corrected chi connectivity index (χ0v) is 13.1. The normalized spacial score (nSPS) is 10.8. The van der Waals surface area contributed by atoms with Crippen molar-refractivity contribution >= 4 is 15.9 Å². The van der Waals surface area contributed by atoms with E-state index in [9.17, 15) is 0 Å².